The Bertz CT molecular complexity index is 3460. The minimum absolute atomic E-state index is 0.0732. The second-order valence-electron chi connectivity index (χ2n) is 25.8. The highest BCUT2D eigenvalue weighted by atomic mass is 16.6. The Kier molecular flexibility index (Phi) is 22.2. The van der Waals surface area contributed by atoms with Crippen LogP contribution in [0.3, 0.4) is 0 Å². The molecule has 5 heterocycles. The second-order valence-corrected chi connectivity index (χ2v) is 25.8. The molecule has 4 fully saturated rings. The normalized spacial score (nSPS) is 26.5. The van der Waals surface area contributed by atoms with Gasteiger partial charge in [0.25, 0.3) is 11.8 Å². The highest BCUT2D eigenvalue weighted by molar-refractivity contribution is 6.10. The number of nitrogen functional groups attached to an aromatic ring is 1. The molecule has 5 aliphatic heterocycles. The molecule has 0 saturated carbocycles. The van der Waals surface area contributed by atoms with Crippen molar-refractivity contribution in [2.24, 2.45) is 23.7 Å². The molecule has 92 heavy (non-hydrogen) atoms. The van der Waals surface area contributed by atoms with Crippen LogP contribution in [-0.2, 0) is 57.4 Å². The summed E-state index contributed by atoms with van der Waals surface area (Å²) >= 11 is 0. The van der Waals surface area contributed by atoms with E-state index in [9.17, 15) is 47.9 Å². The lowest BCUT2D eigenvalue weighted by molar-refractivity contribution is -0.163. The van der Waals surface area contributed by atoms with Gasteiger partial charge in [0.05, 0.1) is 29.9 Å². The Hall–Kier alpha value is -8.72. The number of cyclic esters (lactones) is 2. The van der Waals surface area contributed by atoms with E-state index in [1.54, 1.807) is 62.3 Å². The summed E-state index contributed by atoms with van der Waals surface area (Å²) in [7, 11) is 5.61. The molecule has 1 aromatic rings. The number of rotatable bonds is 10. The van der Waals surface area contributed by atoms with E-state index in [0.717, 1.165) is 9.80 Å². The molecule has 28 heteroatoms. The summed E-state index contributed by atoms with van der Waals surface area (Å²) in [4.78, 5) is 201. The molecule has 0 spiro atoms. The summed E-state index contributed by atoms with van der Waals surface area (Å²) in [6, 6.07) is -7.86. The summed E-state index contributed by atoms with van der Waals surface area (Å²) in [6.45, 7) is 18.8. The Morgan fingerprint density at radius 3 is 1.48 bits per heavy atom. The van der Waals surface area contributed by atoms with E-state index >= 15 is 14.4 Å². The SMILES string of the molecule is CC[C@H](C)[C@H]1NC(=O)[C@@H](NC(=O)c2c3nc4c(C(=O)N[C@@H]5C(=O)N[C@H]([C@@H](C)CC)C(=O)N6CCC[C@H]6C(=O)N(C)CC(=O)N(C)[C@@H](C(C)C)C(=O)O[C@@H]5C)ccc(C)c4oc-3c(C)c(=O)c2N)[C@@H](C)OC(=O)[C@H](C(C)C)N(C)C(=O)CN(C)C(=O)[C@@H]2CCCN2C1=O. The monoisotopic (exact) mass is 1280 g/mol. The molecule has 6 N–H and O–H groups in total. The summed E-state index contributed by atoms with van der Waals surface area (Å²) in [5.41, 5.74) is 3.63. The van der Waals surface area contributed by atoms with Gasteiger partial charge in [0.2, 0.25) is 52.7 Å². The van der Waals surface area contributed by atoms with Crippen LogP contribution in [0.15, 0.2) is 21.3 Å². The van der Waals surface area contributed by atoms with E-state index < -0.39 is 191 Å². The number of carbonyl (C=O) groups excluding carboxylic acids is 12. The largest absolute Gasteiger partial charge is 0.458 e. The van der Waals surface area contributed by atoms with Crippen LogP contribution >= 0.6 is 0 Å². The summed E-state index contributed by atoms with van der Waals surface area (Å²) in [5.74, 6) is -12.2. The van der Waals surface area contributed by atoms with Crippen LogP contribution in [-0.4, -0.2) is 220 Å². The highest BCUT2D eigenvalue weighted by Crippen LogP contribution is 2.35. The maximum atomic E-state index is 15.3. The van der Waals surface area contributed by atoms with Gasteiger partial charge in [0.15, 0.2) is 11.3 Å². The van der Waals surface area contributed by atoms with Gasteiger partial charge >= 0.3 is 11.9 Å². The number of ether oxygens (including phenoxy) is 2. The predicted octanol–water partition coefficient (Wildman–Crippen LogP) is 1.51. The molecule has 4 saturated heterocycles. The number of nitrogens with two attached hydrogens (primary N) is 1. The molecule has 0 unspecified atom stereocenters. The maximum Gasteiger partial charge on any atom is 0.329 e. The fraction of sp³-hybridized carbons (Fsp3) is 0.625. The van der Waals surface area contributed by atoms with Gasteiger partial charge in [-0.15, -0.1) is 0 Å². The molecule has 1 aliphatic carbocycles. The molecule has 12 atom stereocenters. The Labute approximate surface area is 535 Å². The number of nitrogens with zero attached hydrogens (tertiary/aromatic N) is 7. The van der Waals surface area contributed by atoms with E-state index in [0.29, 0.717) is 31.2 Å². The first-order valence-corrected chi connectivity index (χ1v) is 31.6. The molecule has 28 nitrogen and oxygen atoms in total. The zero-order valence-electron chi connectivity index (χ0n) is 55.5. The zero-order chi connectivity index (χ0) is 68.4. The minimum Gasteiger partial charge on any atom is -0.458 e. The van der Waals surface area contributed by atoms with E-state index in [1.807, 2.05) is 0 Å². The van der Waals surface area contributed by atoms with Crippen molar-refractivity contribution in [1.29, 1.82) is 0 Å². The standard InChI is InChI=1S/C64H90N12O16/c1-17-31(7)44-61(86)75-25-19-21-38(75)59(84)71(13)27-40(77)73(15)50(29(3)4)63(88)90-35(11)46(57(82)67-44)69-55(80)37-24-23-33(9)53-48(37)66-49-42(43(65)52(79)34(10)54(49)92-53)56(81)70-47-36(12)91-64(89)51(30(5)6)74(16)41(78)28-72(14)60(85)39-22-20-26-76(39)62(87)45(32(8)18-2)68-58(47)83/h23-24,29-32,35-36,38-39,44-47,50-51H,17-22,25-28,65H2,1-16H3,(H,67,82)(H,68,83)(H,69,80)(H,70,81)/t31-,32-,35+,36+,38-,39-,44+,45+,46-,47-,50-,51-/m0/s1. The van der Waals surface area contributed by atoms with Gasteiger partial charge < -0.3 is 70.3 Å². The smallest absolute Gasteiger partial charge is 0.329 e. The number of nitrogens with one attached hydrogen (secondary N) is 4. The lowest BCUT2D eigenvalue weighted by Crippen LogP contribution is -2.61. The number of hydrogen-bond acceptors (Lipinski definition) is 18. The lowest BCUT2D eigenvalue weighted by atomic mass is 9.96. The van der Waals surface area contributed by atoms with E-state index in [2.05, 4.69) is 21.3 Å². The van der Waals surface area contributed by atoms with Crippen LogP contribution in [0.2, 0.25) is 0 Å². The predicted molar refractivity (Wildman–Crippen MR) is 335 cm³/mol. The van der Waals surface area contributed by atoms with Crippen LogP contribution in [0.1, 0.15) is 140 Å². The number of amides is 10. The summed E-state index contributed by atoms with van der Waals surface area (Å²) in [6.07, 6.45) is -0.917. The van der Waals surface area contributed by atoms with Crippen LogP contribution < -0.4 is 32.4 Å². The zero-order valence-corrected chi connectivity index (χ0v) is 55.5. The summed E-state index contributed by atoms with van der Waals surface area (Å²) in [5, 5.41) is 10.8. The van der Waals surface area contributed by atoms with Gasteiger partial charge in [-0.25, -0.2) is 14.6 Å². The van der Waals surface area contributed by atoms with Crippen molar-refractivity contribution < 1.29 is 71.4 Å². The Morgan fingerprint density at radius 1 is 0.641 bits per heavy atom. The fourth-order valence-corrected chi connectivity index (χ4v) is 12.6. The third kappa shape index (κ3) is 14.2. The average Bonchev–Trinajstić information content (AvgIpc) is 1.10. The van der Waals surface area contributed by atoms with E-state index in [4.69, 9.17) is 24.6 Å². The number of carbonyl (C=O) groups is 12. The first kappa shape index (κ1) is 70.7. The van der Waals surface area contributed by atoms with Crippen molar-refractivity contribution in [1.82, 2.24) is 55.7 Å². The number of fused-ring (bicyclic) bond motifs is 4. The molecule has 6 aliphatic rings. The first-order chi connectivity index (χ1) is 43.2. The van der Waals surface area contributed by atoms with Crippen molar-refractivity contribution in [2.45, 2.75) is 182 Å². The van der Waals surface area contributed by atoms with E-state index in [-0.39, 0.29) is 53.9 Å². The molecular formula is C64H90N12O16. The summed E-state index contributed by atoms with van der Waals surface area (Å²) < 4.78 is 18.4. The average molecular weight is 1280 g/mol. The molecule has 0 bridgehead atoms. The molecule has 10 amide bonds. The number of esters is 2. The van der Waals surface area contributed by atoms with E-state index in [1.165, 1.54) is 80.7 Å². The van der Waals surface area contributed by atoms with Crippen molar-refractivity contribution in [3.8, 4) is 11.5 Å². The maximum absolute atomic E-state index is 15.3. The number of anilines is 1. The van der Waals surface area contributed by atoms with Gasteiger partial charge in [-0.3, -0.25) is 52.7 Å². The van der Waals surface area contributed by atoms with Crippen LogP contribution in [0.5, 0.6) is 0 Å². The minimum atomic E-state index is -1.88. The van der Waals surface area contributed by atoms with Gasteiger partial charge in [0.1, 0.15) is 71.8 Å². The van der Waals surface area contributed by atoms with Gasteiger partial charge in [0, 0.05) is 46.8 Å². The number of aromatic nitrogens is 1. The van der Waals surface area contributed by atoms with Crippen molar-refractivity contribution in [3.05, 3.63) is 44.6 Å². The number of benzene rings is 2. The molecule has 0 aromatic heterocycles. The van der Waals surface area contributed by atoms with Crippen LogP contribution in [0.4, 0.5) is 5.69 Å². The second kappa shape index (κ2) is 28.8. The molecule has 1 aromatic carbocycles. The van der Waals surface area contributed by atoms with Gasteiger partial charge in [-0.1, -0.05) is 74.3 Å². The Balaban J connectivity index is 1.33. The molecule has 7 rings (SSSR count). The number of aryl methyl sites for hydroxylation is 1. The van der Waals surface area contributed by atoms with Crippen molar-refractivity contribution in [3.63, 3.8) is 0 Å². The third-order valence-corrected chi connectivity index (χ3v) is 18.6. The molecule has 0 radical (unpaired) electrons. The van der Waals surface area contributed by atoms with Gasteiger partial charge in [-0.2, -0.15) is 0 Å². The van der Waals surface area contributed by atoms with Crippen LogP contribution in [0.25, 0.3) is 22.6 Å². The third-order valence-electron chi connectivity index (χ3n) is 18.6. The number of likely N-dealkylation sites (N-methyl/N-ethyl adjacent to an activating group) is 4. The Morgan fingerprint density at radius 2 is 1.07 bits per heavy atom. The quantitative estimate of drug-likeness (QED) is 0.109. The van der Waals surface area contributed by atoms with Crippen molar-refractivity contribution in [2.75, 3.05) is 60.1 Å². The topological polar surface area (TPSA) is 360 Å². The molecule has 502 valence electrons. The van der Waals surface area contributed by atoms with Gasteiger partial charge in [-0.05, 0) is 88.7 Å². The lowest BCUT2D eigenvalue weighted by Gasteiger charge is -2.36. The first-order valence-electron chi connectivity index (χ1n) is 31.6. The number of hydrogen-bond donors (Lipinski definition) is 5. The highest BCUT2D eigenvalue weighted by Gasteiger charge is 2.47. The van der Waals surface area contributed by atoms with Crippen molar-refractivity contribution >= 4 is 87.8 Å². The van der Waals surface area contributed by atoms with Crippen LogP contribution in [0, 0.1) is 37.5 Å². The fourth-order valence-electron chi connectivity index (χ4n) is 12.6. The molecular weight excluding hydrogens is 1190 g/mol.